The van der Waals surface area contributed by atoms with E-state index in [0.29, 0.717) is 5.69 Å². The molecule has 3 aromatic rings. The summed E-state index contributed by atoms with van der Waals surface area (Å²) in [6.45, 7) is 3.30. The molecule has 0 saturated carbocycles. The van der Waals surface area contributed by atoms with E-state index in [2.05, 4.69) is 55.9 Å². The van der Waals surface area contributed by atoms with Crippen molar-refractivity contribution >= 4 is 33.0 Å². The highest BCUT2D eigenvalue weighted by Crippen LogP contribution is 2.23. The van der Waals surface area contributed by atoms with Crippen LogP contribution in [0.5, 0.6) is 0 Å². The minimum atomic E-state index is -3.78. The Hall–Kier alpha value is -3.33. The second-order valence-electron chi connectivity index (χ2n) is 9.49. The Morgan fingerprint density at radius 2 is 1.24 bits per heavy atom. The molecule has 1 heterocycles. The Kier molecular flexibility index (Phi) is 12.2. The number of azo groups is 1. The summed E-state index contributed by atoms with van der Waals surface area (Å²) in [6, 6.07) is 15.8. The topological polar surface area (TPSA) is 99.9 Å². The molecule has 3 rings (SSSR count). The van der Waals surface area contributed by atoms with Crippen LogP contribution in [0.4, 0.5) is 23.0 Å². The number of rotatable bonds is 17. The molecule has 8 nitrogen and oxygen atoms in total. The van der Waals surface area contributed by atoms with Crippen LogP contribution in [0.1, 0.15) is 71.1 Å². The van der Waals surface area contributed by atoms with E-state index in [4.69, 9.17) is 0 Å². The van der Waals surface area contributed by atoms with Crippen molar-refractivity contribution in [2.75, 3.05) is 23.2 Å². The molecule has 0 saturated heterocycles. The molecule has 38 heavy (non-hydrogen) atoms. The van der Waals surface area contributed by atoms with Crippen LogP contribution in [0, 0.1) is 0 Å². The standard InChI is InChI=1S/C29H40N6O2S/c1-3-4-5-6-7-8-9-10-11-12-24-35(2)27-18-14-25(15-19-27)32-33-26-16-20-28(21-17-26)38(36,37)34-29-30-22-13-23-31-29/h13-23H,3-12,24H2,1-2H3,(H,30,31,34). The van der Waals surface area contributed by atoms with Gasteiger partial charge in [0, 0.05) is 31.7 Å². The predicted molar refractivity (Wildman–Crippen MR) is 155 cm³/mol. The maximum Gasteiger partial charge on any atom is 0.264 e. The number of unbranched alkanes of at least 4 members (excludes halogenated alkanes) is 9. The maximum absolute atomic E-state index is 12.5. The van der Waals surface area contributed by atoms with Crippen LogP contribution in [0.15, 0.2) is 82.1 Å². The van der Waals surface area contributed by atoms with Gasteiger partial charge in [0.25, 0.3) is 10.0 Å². The third kappa shape index (κ3) is 10.2. The van der Waals surface area contributed by atoms with Gasteiger partial charge in [-0.1, -0.05) is 64.7 Å². The molecule has 0 unspecified atom stereocenters. The molecular weight excluding hydrogens is 496 g/mol. The zero-order valence-electron chi connectivity index (χ0n) is 22.6. The first-order chi connectivity index (χ1) is 18.5. The summed E-state index contributed by atoms with van der Waals surface area (Å²) < 4.78 is 27.3. The lowest BCUT2D eigenvalue weighted by atomic mass is 10.1. The predicted octanol–water partition coefficient (Wildman–Crippen LogP) is 8.05. The van der Waals surface area contributed by atoms with E-state index in [1.807, 2.05) is 12.1 Å². The van der Waals surface area contributed by atoms with Crippen molar-refractivity contribution in [3.05, 3.63) is 67.0 Å². The Bertz CT molecular complexity index is 1200. The number of aromatic nitrogens is 2. The van der Waals surface area contributed by atoms with Crippen molar-refractivity contribution in [2.45, 2.75) is 76.0 Å². The molecular formula is C29H40N6O2S. The molecule has 0 spiro atoms. The van der Waals surface area contributed by atoms with Gasteiger partial charge in [0.1, 0.15) is 0 Å². The lowest BCUT2D eigenvalue weighted by Gasteiger charge is -2.19. The molecule has 0 aliphatic rings. The zero-order chi connectivity index (χ0) is 27.1. The van der Waals surface area contributed by atoms with E-state index in [0.717, 1.165) is 17.9 Å². The number of sulfonamides is 1. The number of hydrogen-bond acceptors (Lipinski definition) is 7. The summed E-state index contributed by atoms with van der Waals surface area (Å²) in [5.41, 5.74) is 2.45. The maximum atomic E-state index is 12.5. The number of nitrogens with one attached hydrogen (secondary N) is 1. The van der Waals surface area contributed by atoms with E-state index in [-0.39, 0.29) is 10.8 Å². The summed E-state index contributed by atoms with van der Waals surface area (Å²) >= 11 is 0. The highest BCUT2D eigenvalue weighted by Gasteiger charge is 2.15. The molecule has 9 heteroatoms. The fourth-order valence-corrected chi connectivity index (χ4v) is 5.04. The summed E-state index contributed by atoms with van der Waals surface area (Å²) in [6.07, 6.45) is 16.3. The van der Waals surface area contributed by atoms with Gasteiger partial charge in [0.15, 0.2) is 0 Å². The van der Waals surface area contributed by atoms with Crippen LogP contribution in [0.3, 0.4) is 0 Å². The van der Waals surface area contributed by atoms with E-state index < -0.39 is 10.0 Å². The largest absolute Gasteiger partial charge is 0.375 e. The minimum Gasteiger partial charge on any atom is -0.375 e. The highest BCUT2D eigenvalue weighted by atomic mass is 32.2. The second-order valence-corrected chi connectivity index (χ2v) is 11.2. The van der Waals surface area contributed by atoms with Gasteiger partial charge in [0.05, 0.1) is 16.3 Å². The number of anilines is 2. The van der Waals surface area contributed by atoms with Crippen LogP contribution < -0.4 is 9.62 Å². The average molecular weight is 537 g/mol. The molecule has 0 amide bonds. The summed E-state index contributed by atoms with van der Waals surface area (Å²) in [4.78, 5) is 10.1. The average Bonchev–Trinajstić information content (AvgIpc) is 2.93. The summed E-state index contributed by atoms with van der Waals surface area (Å²) in [7, 11) is -1.66. The molecule has 0 atom stereocenters. The molecule has 0 aliphatic carbocycles. The van der Waals surface area contributed by atoms with Gasteiger partial charge in [-0.05, 0) is 61.0 Å². The number of nitrogens with zero attached hydrogens (tertiary/aromatic N) is 5. The van der Waals surface area contributed by atoms with E-state index in [1.165, 1.54) is 88.7 Å². The summed E-state index contributed by atoms with van der Waals surface area (Å²) in [5.74, 6) is 0.0221. The molecule has 1 N–H and O–H groups in total. The van der Waals surface area contributed by atoms with E-state index >= 15 is 0 Å². The molecule has 0 radical (unpaired) electrons. The van der Waals surface area contributed by atoms with Crippen molar-refractivity contribution in [1.82, 2.24) is 9.97 Å². The molecule has 0 bridgehead atoms. The van der Waals surface area contributed by atoms with Gasteiger partial charge < -0.3 is 4.90 Å². The van der Waals surface area contributed by atoms with Gasteiger partial charge >= 0.3 is 0 Å². The van der Waals surface area contributed by atoms with Crippen molar-refractivity contribution in [1.29, 1.82) is 0 Å². The van der Waals surface area contributed by atoms with Gasteiger partial charge in [-0.2, -0.15) is 10.2 Å². The minimum absolute atomic E-state index is 0.0221. The first-order valence-electron chi connectivity index (χ1n) is 13.6. The lowest BCUT2D eigenvalue weighted by molar-refractivity contribution is 0.556. The summed E-state index contributed by atoms with van der Waals surface area (Å²) in [5, 5.41) is 8.52. The van der Waals surface area contributed by atoms with Crippen molar-refractivity contribution < 1.29 is 8.42 Å². The second kappa shape index (κ2) is 15.8. The fourth-order valence-electron chi connectivity index (χ4n) is 4.08. The normalized spacial score (nSPS) is 11.6. The van der Waals surface area contributed by atoms with Crippen molar-refractivity contribution in [3.8, 4) is 0 Å². The lowest BCUT2D eigenvalue weighted by Crippen LogP contribution is -2.18. The molecule has 0 fully saturated rings. The Labute approximate surface area is 227 Å². The Morgan fingerprint density at radius 1 is 0.737 bits per heavy atom. The van der Waals surface area contributed by atoms with Crippen LogP contribution in [-0.4, -0.2) is 32.0 Å². The zero-order valence-corrected chi connectivity index (χ0v) is 23.4. The molecule has 204 valence electrons. The Balaban J connectivity index is 1.40. The monoisotopic (exact) mass is 536 g/mol. The Morgan fingerprint density at radius 3 is 1.79 bits per heavy atom. The van der Waals surface area contributed by atoms with Crippen molar-refractivity contribution in [2.24, 2.45) is 10.2 Å². The van der Waals surface area contributed by atoms with E-state index in [9.17, 15) is 8.42 Å². The van der Waals surface area contributed by atoms with Gasteiger partial charge in [0.2, 0.25) is 5.95 Å². The van der Waals surface area contributed by atoms with Gasteiger partial charge in [-0.25, -0.2) is 23.1 Å². The highest BCUT2D eigenvalue weighted by molar-refractivity contribution is 7.92. The van der Waals surface area contributed by atoms with Gasteiger partial charge in [-0.15, -0.1) is 0 Å². The SMILES string of the molecule is CCCCCCCCCCCCN(C)c1ccc(N=Nc2ccc(S(=O)(=O)Nc3ncccn3)cc2)cc1. The molecule has 1 aromatic heterocycles. The van der Waals surface area contributed by atoms with Crippen LogP contribution >= 0.6 is 0 Å². The van der Waals surface area contributed by atoms with Crippen LogP contribution in [0.2, 0.25) is 0 Å². The molecule has 0 aliphatic heterocycles. The van der Waals surface area contributed by atoms with Crippen LogP contribution in [0.25, 0.3) is 0 Å². The number of hydrogen-bond donors (Lipinski definition) is 1. The van der Waals surface area contributed by atoms with Crippen molar-refractivity contribution in [3.63, 3.8) is 0 Å². The first-order valence-corrected chi connectivity index (χ1v) is 15.1. The van der Waals surface area contributed by atoms with E-state index in [1.54, 1.807) is 18.2 Å². The molecule has 2 aromatic carbocycles. The third-order valence-electron chi connectivity index (χ3n) is 6.36. The quantitative estimate of drug-likeness (QED) is 0.139. The smallest absolute Gasteiger partial charge is 0.264 e. The third-order valence-corrected chi connectivity index (χ3v) is 7.70. The fraction of sp³-hybridized carbons (Fsp3) is 0.448. The van der Waals surface area contributed by atoms with Gasteiger partial charge in [-0.3, -0.25) is 0 Å². The number of benzene rings is 2. The van der Waals surface area contributed by atoms with Crippen LogP contribution in [-0.2, 0) is 10.0 Å². The first kappa shape index (κ1) is 29.2.